The van der Waals surface area contributed by atoms with E-state index in [0.717, 1.165) is 49.8 Å². The lowest BCUT2D eigenvalue weighted by Gasteiger charge is -2.28. The monoisotopic (exact) mass is 375 g/mol. The van der Waals surface area contributed by atoms with Gasteiger partial charge in [0.15, 0.2) is 0 Å². The van der Waals surface area contributed by atoms with E-state index in [1.54, 1.807) is 14.2 Å². The lowest BCUT2D eigenvalue weighted by Crippen LogP contribution is -2.40. The molecule has 0 aromatic heterocycles. The minimum absolute atomic E-state index is 0.183. The van der Waals surface area contributed by atoms with E-state index in [4.69, 9.17) is 9.47 Å². The van der Waals surface area contributed by atoms with Crippen molar-refractivity contribution in [3.8, 4) is 11.5 Å². The number of amides is 1. The Kier molecular flexibility index (Phi) is 6.83. The predicted octanol–water partition coefficient (Wildman–Crippen LogP) is 2.42. The molecule has 3 rings (SSSR count). The van der Waals surface area contributed by atoms with E-state index < -0.39 is 0 Å². The Morgan fingerprint density at radius 3 is 2.63 bits per heavy atom. The van der Waals surface area contributed by atoms with Crippen LogP contribution in [0, 0.1) is 11.8 Å². The summed E-state index contributed by atoms with van der Waals surface area (Å²) in [6.45, 7) is 6.11. The highest BCUT2D eigenvalue weighted by Crippen LogP contribution is 2.30. The number of hydrogen-bond acceptors (Lipinski definition) is 5. The van der Waals surface area contributed by atoms with Crippen molar-refractivity contribution < 1.29 is 14.3 Å². The van der Waals surface area contributed by atoms with Gasteiger partial charge in [0.1, 0.15) is 11.5 Å². The topological polar surface area (TPSA) is 62.8 Å². The van der Waals surface area contributed by atoms with E-state index in [1.165, 1.54) is 12.8 Å². The zero-order valence-electron chi connectivity index (χ0n) is 16.8. The molecule has 150 valence electrons. The zero-order valence-corrected chi connectivity index (χ0v) is 16.8. The third kappa shape index (κ3) is 5.28. The molecule has 2 N–H and O–H groups in total. The van der Waals surface area contributed by atoms with Gasteiger partial charge in [-0.1, -0.05) is 6.92 Å². The second-order valence-corrected chi connectivity index (χ2v) is 7.86. The maximum Gasteiger partial charge on any atom is 0.220 e. The molecule has 2 heterocycles. The number of ether oxygens (including phenoxy) is 2. The summed E-state index contributed by atoms with van der Waals surface area (Å²) in [5.74, 6) is 2.80. The van der Waals surface area contributed by atoms with Crippen molar-refractivity contribution in [2.45, 2.75) is 38.6 Å². The Morgan fingerprint density at radius 2 is 2.00 bits per heavy atom. The Bertz CT molecular complexity index is 609. The fourth-order valence-corrected chi connectivity index (χ4v) is 4.20. The Balaban J connectivity index is 1.51. The largest absolute Gasteiger partial charge is 0.497 e. The van der Waals surface area contributed by atoms with Crippen molar-refractivity contribution in [2.24, 2.45) is 11.8 Å². The van der Waals surface area contributed by atoms with Gasteiger partial charge in [0.25, 0.3) is 0 Å². The Labute approximate surface area is 162 Å². The normalized spacial score (nSPS) is 23.7. The van der Waals surface area contributed by atoms with Crippen LogP contribution in [0.1, 0.15) is 32.6 Å². The van der Waals surface area contributed by atoms with Crippen LogP contribution in [0.3, 0.4) is 0 Å². The van der Waals surface area contributed by atoms with Gasteiger partial charge in [0.05, 0.1) is 14.2 Å². The highest BCUT2D eigenvalue weighted by Gasteiger charge is 2.27. The maximum absolute atomic E-state index is 12.5. The Hall–Kier alpha value is -1.95. The number of benzene rings is 1. The summed E-state index contributed by atoms with van der Waals surface area (Å²) in [5, 5.41) is 6.69. The first-order chi connectivity index (χ1) is 13.1. The second kappa shape index (κ2) is 9.31. The number of piperidine rings is 1. The van der Waals surface area contributed by atoms with Gasteiger partial charge in [0.2, 0.25) is 5.91 Å². The molecule has 0 radical (unpaired) electrons. The number of anilines is 1. The van der Waals surface area contributed by atoms with Gasteiger partial charge < -0.3 is 25.0 Å². The highest BCUT2D eigenvalue weighted by atomic mass is 16.5. The van der Waals surface area contributed by atoms with E-state index in [2.05, 4.69) is 22.5 Å². The minimum Gasteiger partial charge on any atom is -0.497 e. The molecule has 2 saturated heterocycles. The molecule has 1 aromatic carbocycles. The van der Waals surface area contributed by atoms with Crippen LogP contribution in [0.25, 0.3) is 0 Å². The summed E-state index contributed by atoms with van der Waals surface area (Å²) >= 11 is 0. The van der Waals surface area contributed by atoms with Gasteiger partial charge in [-0.3, -0.25) is 4.79 Å². The number of rotatable bonds is 7. The van der Waals surface area contributed by atoms with Gasteiger partial charge >= 0.3 is 0 Å². The predicted molar refractivity (Wildman–Crippen MR) is 108 cm³/mol. The Morgan fingerprint density at radius 1 is 1.26 bits per heavy atom. The first-order valence-electron chi connectivity index (χ1n) is 10.1. The molecule has 3 unspecified atom stereocenters. The molecular formula is C21H33N3O3. The van der Waals surface area contributed by atoms with Crippen molar-refractivity contribution in [1.82, 2.24) is 10.6 Å². The van der Waals surface area contributed by atoms with Crippen molar-refractivity contribution in [3.05, 3.63) is 18.2 Å². The SMILES string of the molecule is COc1cc(OC)cc(N2CCC(NC(=O)CC(C)C3CCCNC3)C2)c1. The zero-order chi connectivity index (χ0) is 19.2. The molecule has 0 aliphatic carbocycles. The van der Waals surface area contributed by atoms with E-state index in [-0.39, 0.29) is 11.9 Å². The smallest absolute Gasteiger partial charge is 0.220 e. The van der Waals surface area contributed by atoms with Gasteiger partial charge in [-0.15, -0.1) is 0 Å². The molecule has 6 nitrogen and oxygen atoms in total. The molecule has 0 bridgehead atoms. The molecule has 2 aliphatic rings. The molecule has 1 amide bonds. The highest BCUT2D eigenvalue weighted by molar-refractivity contribution is 5.76. The summed E-state index contributed by atoms with van der Waals surface area (Å²) in [6.07, 6.45) is 4.04. The molecule has 3 atom stereocenters. The third-order valence-electron chi connectivity index (χ3n) is 5.90. The average molecular weight is 376 g/mol. The van der Waals surface area contributed by atoms with Crippen molar-refractivity contribution in [3.63, 3.8) is 0 Å². The van der Waals surface area contributed by atoms with E-state index in [1.807, 2.05) is 18.2 Å². The third-order valence-corrected chi connectivity index (χ3v) is 5.90. The molecule has 1 aromatic rings. The summed E-state index contributed by atoms with van der Waals surface area (Å²) in [5.41, 5.74) is 1.07. The number of carbonyl (C=O) groups is 1. The van der Waals surface area contributed by atoms with Gasteiger partial charge in [-0.05, 0) is 44.2 Å². The lowest BCUT2D eigenvalue weighted by molar-refractivity contribution is -0.122. The number of nitrogens with one attached hydrogen (secondary N) is 2. The first-order valence-corrected chi connectivity index (χ1v) is 10.1. The number of hydrogen-bond donors (Lipinski definition) is 2. The summed E-state index contributed by atoms with van der Waals surface area (Å²) < 4.78 is 10.7. The number of carbonyl (C=O) groups excluding carboxylic acids is 1. The lowest BCUT2D eigenvalue weighted by atomic mass is 9.85. The molecular weight excluding hydrogens is 342 g/mol. The molecule has 0 saturated carbocycles. The van der Waals surface area contributed by atoms with Crippen LogP contribution in [0.15, 0.2) is 18.2 Å². The number of nitrogens with zero attached hydrogens (tertiary/aromatic N) is 1. The quantitative estimate of drug-likeness (QED) is 0.766. The maximum atomic E-state index is 12.5. The summed E-state index contributed by atoms with van der Waals surface area (Å²) in [6, 6.07) is 6.11. The van der Waals surface area contributed by atoms with Gasteiger partial charge in [-0.2, -0.15) is 0 Å². The van der Waals surface area contributed by atoms with E-state index >= 15 is 0 Å². The summed E-state index contributed by atoms with van der Waals surface area (Å²) in [7, 11) is 3.32. The van der Waals surface area contributed by atoms with Gasteiger partial charge in [0, 0.05) is 49.4 Å². The van der Waals surface area contributed by atoms with Crippen molar-refractivity contribution >= 4 is 11.6 Å². The van der Waals surface area contributed by atoms with E-state index in [9.17, 15) is 4.79 Å². The molecule has 2 fully saturated rings. The van der Waals surface area contributed by atoms with E-state index in [0.29, 0.717) is 18.3 Å². The molecule has 0 spiro atoms. The molecule has 2 aliphatic heterocycles. The van der Waals surface area contributed by atoms with Crippen LogP contribution in [-0.2, 0) is 4.79 Å². The van der Waals surface area contributed by atoms with Crippen LogP contribution in [0.2, 0.25) is 0 Å². The van der Waals surface area contributed by atoms with Crippen LogP contribution >= 0.6 is 0 Å². The van der Waals surface area contributed by atoms with Crippen LogP contribution in [0.4, 0.5) is 5.69 Å². The van der Waals surface area contributed by atoms with Crippen molar-refractivity contribution in [1.29, 1.82) is 0 Å². The van der Waals surface area contributed by atoms with Crippen LogP contribution in [-0.4, -0.2) is 52.3 Å². The second-order valence-electron chi connectivity index (χ2n) is 7.86. The first kappa shape index (κ1) is 19.8. The van der Waals surface area contributed by atoms with Crippen LogP contribution in [0.5, 0.6) is 11.5 Å². The van der Waals surface area contributed by atoms with Crippen LogP contribution < -0.4 is 25.0 Å². The fourth-order valence-electron chi connectivity index (χ4n) is 4.20. The van der Waals surface area contributed by atoms with Gasteiger partial charge in [-0.25, -0.2) is 0 Å². The summed E-state index contributed by atoms with van der Waals surface area (Å²) in [4.78, 5) is 14.8. The minimum atomic E-state index is 0.183. The average Bonchev–Trinajstić information content (AvgIpc) is 3.16. The fraction of sp³-hybridized carbons (Fsp3) is 0.667. The van der Waals surface area contributed by atoms with Crippen molar-refractivity contribution in [2.75, 3.05) is 45.3 Å². The molecule has 27 heavy (non-hydrogen) atoms. The molecule has 6 heteroatoms. The number of methoxy groups -OCH3 is 2. The standard InChI is InChI=1S/C21H33N3O3/c1-15(16-5-4-7-22-13-16)9-21(25)23-17-6-8-24(14-17)18-10-19(26-2)12-20(11-18)27-3/h10-12,15-17,22H,4-9,13-14H2,1-3H3,(H,23,25).